The van der Waals surface area contributed by atoms with E-state index in [9.17, 15) is 9.59 Å². The lowest BCUT2D eigenvalue weighted by Gasteiger charge is -2.11. The van der Waals surface area contributed by atoms with Crippen LogP contribution in [0.1, 0.15) is 15.9 Å². The molecule has 2 rings (SSSR count). The van der Waals surface area contributed by atoms with Gasteiger partial charge in [0.05, 0.1) is 28.4 Å². The normalized spacial score (nSPS) is 10.2. The van der Waals surface area contributed by atoms with E-state index in [0.29, 0.717) is 21.5 Å². The standard InChI is InChI=1S/C17H15Cl2NO4/c1-10-3-5-13(19)15(7-10)24-9-16(21)20-14-8-11(17(22)23-2)4-6-12(14)18/h3-8H,9H2,1-2H3,(H,20,21). The zero-order valence-electron chi connectivity index (χ0n) is 13.1. The molecule has 2 aromatic rings. The lowest BCUT2D eigenvalue weighted by molar-refractivity contribution is -0.118. The summed E-state index contributed by atoms with van der Waals surface area (Å²) in [5.41, 5.74) is 1.53. The van der Waals surface area contributed by atoms with Crippen molar-refractivity contribution in [2.45, 2.75) is 6.92 Å². The molecule has 1 N–H and O–H groups in total. The highest BCUT2D eigenvalue weighted by molar-refractivity contribution is 6.34. The highest BCUT2D eigenvalue weighted by atomic mass is 35.5. The monoisotopic (exact) mass is 367 g/mol. The number of esters is 1. The molecular formula is C17H15Cl2NO4. The maximum absolute atomic E-state index is 12.0. The number of nitrogens with one attached hydrogen (secondary N) is 1. The van der Waals surface area contributed by atoms with Crippen LogP contribution in [0.15, 0.2) is 36.4 Å². The van der Waals surface area contributed by atoms with Crippen LogP contribution in [0.2, 0.25) is 10.0 Å². The molecule has 0 aliphatic heterocycles. The van der Waals surface area contributed by atoms with Crippen molar-refractivity contribution >= 4 is 40.8 Å². The SMILES string of the molecule is COC(=O)c1ccc(Cl)c(NC(=O)COc2cc(C)ccc2Cl)c1. The fourth-order valence-electron chi connectivity index (χ4n) is 1.92. The van der Waals surface area contributed by atoms with Crippen molar-refractivity contribution in [2.75, 3.05) is 19.0 Å². The Morgan fingerprint density at radius 3 is 2.50 bits per heavy atom. The number of amides is 1. The quantitative estimate of drug-likeness (QED) is 0.807. The first-order chi connectivity index (χ1) is 11.4. The third kappa shape index (κ3) is 4.63. The van der Waals surface area contributed by atoms with E-state index in [1.807, 2.05) is 13.0 Å². The second kappa shape index (κ2) is 8.04. The molecule has 24 heavy (non-hydrogen) atoms. The molecule has 0 fully saturated rings. The van der Waals surface area contributed by atoms with Gasteiger partial charge in [-0.2, -0.15) is 0 Å². The van der Waals surface area contributed by atoms with Crippen LogP contribution in [0, 0.1) is 6.92 Å². The van der Waals surface area contributed by atoms with E-state index in [2.05, 4.69) is 10.1 Å². The van der Waals surface area contributed by atoms with Gasteiger partial charge in [-0.3, -0.25) is 4.79 Å². The Morgan fingerprint density at radius 2 is 1.79 bits per heavy atom. The number of aryl methyl sites for hydroxylation is 1. The molecule has 0 heterocycles. The van der Waals surface area contributed by atoms with E-state index in [0.717, 1.165) is 5.56 Å². The van der Waals surface area contributed by atoms with Crippen molar-refractivity contribution in [3.8, 4) is 5.75 Å². The van der Waals surface area contributed by atoms with E-state index >= 15 is 0 Å². The first-order valence-corrected chi connectivity index (χ1v) is 7.73. The summed E-state index contributed by atoms with van der Waals surface area (Å²) in [6, 6.07) is 9.72. The van der Waals surface area contributed by atoms with Gasteiger partial charge in [0.2, 0.25) is 0 Å². The molecule has 0 bridgehead atoms. The van der Waals surface area contributed by atoms with Gasteiger partial charge in [-0.15, -0.1) is 0 Å². The Kier molecular flexibility index (Phi) is 6.06. The topological polar surface area (TPSA) is 64.6 Å². The van der Waals surface area contributed by atoms with E-state index in [1.54, 1.807) is 12.1 Å². The molecule has 0 saturated carbocycles. The second-order valence-corrected chi connectivity index (χ2v) is 5.77. The Labute approximate surface area is 149 Å². The number of ether oxygens (including phenoxy) is 2. The lowest BCUT2D eigenvalue weighted by Crippen LogP contribution is -2.20. The fourth-order valence-corrected chi connectivity index (χ4v) is 2.25. The summed E-state index contributed by atoms with van der Waals surface area (Å²) in [5.74, 6) is -0.539. The van der Waals surface area contributed by atoms with E-state index < -0.39 is 11.9 Å². The number of benzene rings is 2. The number of hydrogen-bond donors (Lipinski definition) is 1. The molecule has 0 aliphatic rings. The molecule has 0 saturated heterocycles. The van der Waals surface area contributed by atoms with Gasteiger partial charge in [-0.25, -0.2) is 4.79 Å². The average Bonchev–Trinajstić information content (AvgIpc) is 2.57. The van der Waals surface area contributed by atoms with Crippen molar-refractivity contribution in [1.29, 1.82) is 0 Å². The molecule has 7 heteroatoms. The van der Waals surface area contributed by atoms with Gasteiger partial charge in [0.1, 0.15) is 5.75 Å². The van der Waals surface area contributed by atoms with Crippen molar-refractivity contribution in [3.63, 3.8) is 0 Å². The minimum Gasteiger partial charge on any atom is -0.482 e. The molecule has 1 amide bonds. The van der Waals surface area contributed by atoms with Gasteiger partial charge < -0.3 is 14.8 Å². The first-order valence-electron chi connectivity index (χ1n) is 6.97. The summed E-state index contributed by atoms with van der Waals surface area (Å²) in [5, 5.41) is 3.30. The highest BCUT2D eigenvalue weighted by Gasteiger charge is 2.12. The van der Waals surface area contributed by atoms with Gasteiger partial charge >= 0.3 is 5.97 Å². The van der Waals surface area contributed by atoms with Crippen LogP contribution in [0.3, 0.4) is 0 Å². The first kappa shape index (κ1) is 18.1. The summed E-state index contributed by atoms with van der Waals surface area (Å²) in [4.78, 5) is 23.6. The Balaban J connectivity index is 2.04. The zero-order chi connectivity index (χ0) is 17.7. The predicted molar refractivity (Wildman–Crippen MR) is 93.1 cm³/mol. The fraction of sp³-hybridized carbons (Fsp3) is 0.176. The average molecular weight is 368 g/mol. The van der Waals surface area contributed by atoms with Crippen molar-refractivity contribution in [3.05, 3.63) is 57.6 Å². The minimum absolute atomic E-state index is 0.248. The number of halogens is 2. The molecule has 0 aromatic heterocycles. The van der Waals surface area contributed by atoms with Crippen molar-refractivity contribution in [2.24, 2.45) is 0 Å². The molecule has 0 radical (unpaired) electrons. The Morgan fingerprint density at radius 1 is 1.08 bits per heavy atom. The van der Waals surface area contributed by atoms with Gasteiger partial charge in [0, 0.05) is 0 Å². The van der Waals surface area contributed by atoms with E-state index in [1.165, 1.54) is 25.3 Å². The zero-order valence-corrected chi connectivity index (χ0v) is 14.6. The third-order valence-electron chi connectivity index (χ3n) is 3.11. The third-order valence-corrected chi connectivity index (χ3v) is 3.75. The molecule has 0 atom stereocenters. The molecule has 2 aromatic carbocycles. The molecule has 0 spiro atoms. The second-order valence-electron chi connectivity index (χ2n) is 4.96. The number of carbonyl (C=O) groups excluding carboxylic acids is 2. The van der Waals surface area contributed by atoms with Crippen LogP contribution in [0.25, 0.3) is 0 Å². The summed E-state index contributed by atoms with van der Waals surface area (Å²) in [6.07, 6.45) is 0. The summed E-state index contributed by atoms with van der Waals surface area (Å²) < 4.78 is 10.0. The van der Waals surface area contributed by atoms with Crippen LogP contribution in [0.5, 0.6) is 5.75 Å². The van der Waals surface area contributed by atoms with Gasteiger partial charge in [-0.1, -0.05) is 29.3 Å². The highest BCUT2D eigenvalue weighted by Crippen LogP contribution is 2.26. The summed E-state index contributed by atoms with van der Waals surface area (Å²) >= 11 is 12.0. The number of carbonyl (C=O) groups is 2. The van der Waals surface area contributed by atoms with Crippen LogP contribution >= 0.6 is 23.2 Å². The van der Waals surface area contributed by atoms with E-state index in [4.69, 9.17) is 27.9 Å². The molecule has 5 nitrogen and oxygen atoms in total. The largest absolute Gasteiger partial charge is 0.482 e. The number of anilines is 1. The molecule has 126 valence electrons. The Bertz CT molecular complexity index is 777. The number of rotatable bonds is 5. The minimum atomic E-state index is -0.523. The van der Waals surface area contributed by atoms with Gasteiger partial charge in [-0.05, 0) is 42.8 Å². The van der Waals surface area contributed by atoms with Crippen molar-refractivity contribution < 1.29 is 19.1 Å². The summed E-state index contributed by atoms with van der Waals surface area (Å²) in [6.45, 7) is 1.64. The molecular weight excluding hydrogens is 353 g/mol. The van der Waals surface area contributed by atoms with E-state index in [-0.39, 0.29) is 12.2 Å². The predicted octanol–water partition coefficient (Wildman–Crippen LogP) is 4.11. The molecule has 0 unspecified atom stereocenters. The van der Waals surface area contributed by atoms with Crippen LogP contribution in [-0.2, 0) is 9.53 Å². The number of hydrogen-bond acceptors (Lipinski definition) is 4. The maximum Gasteiger partial charge on any atom is 0.337 e. The number of methoxy groups -OCH3 is 1. The van der Waals surface area contributed by atoms with Crippen LogP contribution < -0.4 is 10.1 Å². The smallest absolute Gasteiger partial charge is 0.337 e. The van der Waals surface area contributed by atoms with Crippen LogP contribution in [-0.4, -0.2) is 25.6 Å². The van der Waals surface area contributed by atoms with Crippen LogP contribution in [0.4, 0.5) is 5.69 Å². The summed E-state index contributed by atoms with van der Waals surface area (Å²) in [7, 11) is 1.27. The Hall–Kier alpha value is -2.24. The lowest BCUT2D eigenvalue weighted by atomic mass is 10.2. The molecule has 0 aliphatic carbocycles. The van der Waals surface area contributed by atoms with Gasteiger partial charge in [0.15, 0.2) is 6.61 Å². The van der Waals surface area contributed by atoms with Crippen molar-refractivity contribution in [1.82, 2.24) is 0 Å². The van der Waals surface area contributed by atoms with Gasteiger partial charge in [0.25, 0.3) is 5.91 Å². The maximum atomic E-state index is 12.0.